The van der Waals surface area contributed by atoms with Crippen LogP contribution in [0.5, 0.6) is 0 Å². The van der Waals surface area contributed by atoms with E-state index in [4.69, 9.17) is 10.8 Å². The topological polar surface area (TPSA) is 46.2 Å². The van der Waals surface area contributed by atoms with Crippen LogP contribution in [0.15, 0.2) is 0 Å². The third-order valence-electron chi connectivity index (χ3n) is 1.29. The second kappa shape index (κ2) is 1.21. The molecule has 0 spiro atoms. The van der Waals surface area contributed by atoms with Crippen molar-refractivity contribution in [1.29, 1.82) is 0 Å². The molecule has 0 radical (unpaired) electrons. The van der Waals surface area contributed by atoms with Crippen LogP contribution in [-0.4, -0.2) is 17.3 Å². The van der Waals surface area contributed by atoms with E-state index in [0.29, 0.717) is 0 Å². The Morgan fingerprint density at radius 2 is 2.00 bits per heavy atom. The normalized spacial score (nSPS) is 45.0. The SMILES string of the molecule is NC1CC[C@@H]1O. The van der Waals surface area contributed by atoms with E-state index in [2.05, 4.69) is 0 Å². The van der Waals surface area contributed by atoms with Gasteiger partial charge in [-0.05, 0) is 12.8 Å². The van der Waals surface area contributed by atoms with E-state index in [9.17, 15) is 0 Å². The zero-order valence-corrected chi connectivity index (χ0v) is 3.59. The van der Waals surface area contributed by atoms with Gasteiger partial charge in [0.15, 0.2) is 0 Å². The highest BCUT2D eigenvalue weighted by Gasteiger charge is 2.23. The maximum Gasteiger partial charge on any atom is 0.0691 e. The Morgan fingerprint density at radius 1 is 1.50 bits per heavy atom. The number of hydrogen-bond donors (Lipinski definition) is 2. The molecule has 0 saturated heterocycles. The van der Waals surface area contributed by atoms with Gasteiger partial charge in [0.2, 0.25) is 0 Å². The molecule has 2 atom stereocenters. The molecular formula is C4H9NO. The highest BCUT2D eigenvalue weighted by atomic mass is 16.3. The average Bonchev–Trinajstić information content (AvgIpc) is 1.61. The van der Waals surface area contributed by atoms with Crippen LogP contribution in [0.1, 0.15) is 12.8 Å². The van der Waals surface area contributed by atoms with Gasteiger partial charge in [0.1, 0.15) is 0 Å². The number of hydrogen-bond acceptors (Lipinski definition) is 2. The summed E-state index contributed by atoms with van der Waals surface area (Å²) in [5, 5.41) is 8.59. The van der Waals surface area contributed by atoms with Gasteiger partial charge in [-0.15, -0.1) is 0 Å². The first kappa shape index (κ1) is 4.09. The minimum atomic E-state index is -0.190. The summed E-state index contributed by atoms with van der Waals surface area (Å²) in [6.45, 7) is 0. The molecule has 0 aromatic carbocycles. The number of aliphatic hydroxyl groups is 1. The second-order valence-corrected chi connectivity index (χ2v) is 1.81. The van der Waals surface area contributed by atoms with Crippen molar-refractivity contribution in [3.05, 3.63) is 0 Å². The molecule has 1 saturated carbocycles. The molecule has 3 N–H and O–H groups in total. The van der Waals surface area contributed by atoms with E-state index in [0.717, 1.165) is 12.8 Å². The fourth-order valence-corrected chi connectivity index (χ4v) is 0.508. The van der Waals surface area contributed by atoms with Gasteiger partial charge in [-0.25, -0.2) is 0 Å². The molecule has 2 nitrogen and oxygen atoms in total. The predicted molar refractivity (Wildman–Crippen MR) is 23.2 cm³/mol. The van der Waals surface area contributed by atoms with E-state index in [1.54, 1.807) is 0 Å². The Hall–Kier alpha value is -0.0800. The molecule has 1 unspecified atom stereocenters. The second-order valence-electron chi connectivity index (χ2n) is 1.81. The molecule has 2 heteroatoms. The van der Waals surface area contributed by atoms with Crippen LogP contribution in [0.25, 0.3) is 0 Å². The zero-order chi connectivity index (χ0) is 4.57. The quantitative estimate of drug-likeness (QED) is 0.417. The van der Waals surface area contributed by atoms with Crippen LogP contribution in [0, 0.1) is 0 Å². The van der Waals surface area contributed by atoms with Gasteiger partial charge in [0.05, 0.1) is 6.10 Å². The van der Waals surface area contributed by atoms with E-state index in [-0.39, 0.29) is 12.1 Å². The Bertz CT molecular complexity index is 47.5. The predicted octanol–water partition coefficient (Wildman–Crippen LogP) is -0.532. The summed E-state index contributed by atoms with van der Waals surface area (Å²) in [6.07, 6.45) is 1.72. The molecule has 1 rings (SSSR count). The van der Waals surface area contributed by atoms with Gasteiger partial charge < -0.3 is 10.8 Å². The monoisotopic (exact) mass is 87.1 g/mol. The molecule has 0 heterocycles. The first-order valence-electron chi connectivity index (χ1n) is 2.24. The Balaban J connectivity index is 2.20. The number of nitrogens with two attached hydrogens (primary N) is 1. The molecule has 0 bridgehead atoms. The van der Waals surface area contributed by atoms with Gasteiger partial charge in [-0.2, -0.15) is 0 Å². The molecule has 6 heavy (non-hydrogen) atoms. The lowest BCUT2D eigenvalue weighted by Gasteiger charge is -2.27. The summed E-state index contributed by atoms with van der Waals surface area (Å²) in [5.41, 5.74) is 5.27. The Kier molecular flexibility index (Phi) is 0.821. The first-order chi connectivity index (χ1) is 2.80. The van der Waals surface area contributed by atoms with Crippen molar-refractivity contribution in [2.24, 2.45) is 5.73 Å². The lowest BCUT2D eigenvalue weighted by molar-refractivity contribution is 0.0693. The summed E-state index contributed by atoms with van der Waals surface area (Å²) < 4.78 is 0. The van der Waals surface area contributed by atoms with Crippen molar-refractivity contribution >= 4 is 0 Å². The van der Waals surface area contributed by atoms with Crippen LogP contribution in [0.4, 0.5) is 0 Å². The summed E-state index contributed by atoms with van der Waals surface area (Å²) in [5.74, 6) is 0. The molecule has 0 aliphatic heterocycles. The summed E-state index contributed by atoms with van der Waals surface area (Å²) in [4.78, 5) is 0. The van der Waals surface area contributed by atoms with Crippen LogP contribution in [0.2, 0.25) is 0 Å². The number of aliphatic hydroxyl groups excluding tert-OH is 1. The van der Waals surface area contributed by atoms with Crippen LogP contribution >= 0.6 is 0 Å². The maximum absolute atomic E-state index is 8.59. The van der Waals surface area contributed by atoms with Crippen LogP contribution in [0.3, 0.4) is 0 Å². The van der Waals surface area contributed by atoms with E-state index in [1.807, 2.05) is 0 Å². The first-order valence-corrected chi connectivity index (χ1v) is 2.24. The third-order valence-corrected chi connectivity index (χ3v) is 1.29. The minimum Gasteiger partial charge on any atom is -0.392 e. The molecule has 0 aromatic heterocycles. The summed E-state index contributed by atoms with van der Waals surface area (Å²) in [7, 11) is 0. The molecule has 0 aromatic rings. The zero-order valence-electron chi connectivity index (χ0n) is 3.59. The summed E-state index contributed by atoms with van der Waals surface area (Å²) in [6, 6.07) is 0.0880. The van der Waals surface area contributed by atoms with Gasteiger partial charge in [0.25, 0.3) is 0 Å². The molecule has 1 aliphatic rings. The average molecular weight is 87.1 g/mol. The number of rotatable bonds is 0. The Labute approximate surface area is 37.0 Å². The van der Waals surface area contributed by atoms with Crippen LogP contribution in [-0.2, 0) is 0 Å². The van der Waals surface area contributed by atoms with Crippen molar-refractivity contribution in [1.82, 2.24) is 0 Å². The standard InChI is InChI=1S/C4H9NO/c5-3-1-2-4(3)6/h3-4,6H,1-2,5H2/t3?,4-/m0/s1. The fraction of sp³-hybridized carbons (Fsp3) is 1.00. The molecule has 1 aliphatic carbocycles. The van der Waals surface area contributed by atoms with Gasteiger partial charge in [-0.1, -0.05) is 0 Å². The highest BCUT2D eigenvalue weighted by Crippen LogP contribution is 2.15. The minimum absolute atomic E-state index is 0.0880. The molecular weight excluding hydrogens is 78.0 g/mol. The largest absolute Gasteiger partial charge is 0.392 e. The smallest absolute Gasteiger partial charge is 0.0691 e. The Morgan fingerprint density at radius 3 is 2.00 bits per heavy atom. The molecule has 36 valence electrons. The highest BCUT2D eigenvalue weighted by molar-refractivity contribution is 4.82. The van der Waals surface area contributed by atoms with Crippen molar-refractivity contribution in [2.45, 2.75) is 25.0 Å². The molecule has 1 fully saturated rings. The maximum atomic E-state index is 8.59. The van der Waals surface area contributed by atoms with Crippen molar-refractivity contribution in [3.63, 3.8) is 0 Å². The third kappa shape index (κ3) is 0.420. The van der Waals surface area contributed by atoms with E-state index in [1.165, 1.54) is 0 Å². The van der Waals surface area contributed by atoms with E-state index < -0.39 is 0 Å². The van der Waals surface area contributed by atoms with Gasteiger partial charge in [0, 0.05) is 6.04 Å². The molecule has 0 amide bonds. The fourth-order valence-electron chi connectivity index (χ4n) is 0.508. The van der Waals surface area contributed by atoms with E-state index >= 15 is 0 Å². The van der Waals surface area contributed by atoms with Gasteiger partial charge in [-0.3, -0.25) is 0 Å². The lowest BCUT2D eigenvalue weighted by atomic mass is 9.90. The summed E-state index contributed by atoms with van der Waals surface area (Å²) >= 11 is 0. The van der Waals surface area contributed by atoms with Crippen molar-refractivity contribution < 1.29 is 5.11 Å². The van der Waals surface area contributed by atoms with Crippen molar-refractivity contribution in [2.75, 3.05) is 0 Å². The van der Waals surface area contributed by atoms with Gasteiger partial charge >= 0.3 is 0 Å². The van der Waals surface area contributed by atoms with Crippen LogP contribution < -0.4 is 5.73 Å². The van der Waals surface area contributed by atoms with Crippen molar-refractivity contribution in [3.8, 4) is 0 Å². The lowest BCUT2D eigenvalue weighted by Crippen LogP contribution is -2.43.